The third-order valence-electron chi connectivity index (χ3n) is 4.79. The van der Waals surface area contributed by atoms with Crippen LogP contribution in [0.25, 0.3) is 11.3 Å². The van der Waals surface area contributed by atoms with E-state index in [2.05, 4.69) is 21.4 Å². The summed E-state index contributed by atoms with van der Waals surface area (Å²) in [4.78, 5) is 20.9. The maximum absolute atomic E-state index is 12.3. The van der Waals surface area contributed by atoms with Gasteiger partial charge in [-0.05, 0) is 54.1 Å². The molecule has 0 bridgehead atoms. The molecular weight excluding hydrogens is 426 g/mol. The van der Waals surface area contributed by atoms with Crippen LogP contribution in [-0.2, 0) is 11.2 Å². The first-order valence-corrected chi connectivity index (χ1v) is 10.9. The molecule has 1 amide bonds. The first-order chi connectivity index (χ1) is 15.7. The monoisotopic (exact) mass is 445 g/mol. The van der Waals surface area contributed by atoms with Gasteiger partial charge in [-0.15, -0.1) is 11.3 Å². The summed E-state index contributed by atoms with van der Waals surface area (Å²) >= 11 is 1.38. The van der Waals surface area contributed by atoms with Crippen LogP contribution in [0.15, 0.2) is 72.2 Å². The number of aromatic nitrogens is 2. The van der Waals surface area contributed by atoms with E-state index in [0.717, 1.165) is 30.0 Å². The summed E-state index contributed by atoms with van der Waals surface area (Å²) in [6, 6.07) is 18.5. The van der Waals surface area contributed by atoms with Gasteiger partial charge in [0, 0.05) is 29.6 Å². The number of nitrogens with one attached hydrogen (secondary N) is 1. The number of ether oxygens (including phenoxy) is 3. The van der Waals surface area contributed by atoms with Crippen LogP contribution in [0.4, 0.5) is 5.13 Å². The van der Waals surface area contributed by atoms with Crippen molar-refractivity contribution in [2.24, 2.45) is 0 Å². The third-order valence-corrected chi connectivity index (χ3v) is 5.55. The van der Waals surface area contributed by atoms with Crippen molar-refractivity contribution in [2.45, 2.75) is 6.42 Å². The van der Waals surface area contributed by atoms with Gasteiger partial charge in [0.1, 0.15) is 17.2 Å². The fraction of sp³-hybridized carbons (Fsp3) is 0.125. The molecule has 8 heteroatoms. The van der Waals surface area contributed by atoms with E-state index in [4.69, 9.17) is 14.2 Å². The highest BCUT2D eigenvalue weighted by Crippen LogP contribution is 2.32. The summed E-state index contributed by atoms with van der Waals surface area (Å²) in [6.45, 7) is 0.600. The maximum Gasteiger partial charge on any atom is 0.264 e. The van der Waals surface area contributed by atoms with Crippen molar-refractivity contribution in [3.63, 3.8) is 0 Å². The van der Waals surface area contributed by atoms with Crippen molar-refractivity contribution in [3.05, 3.63) is 77.8 Å². The van der Waals surface area contributed by atoms with E-state index in [9.17, 15) is 4.79 Å². The molecule has 7 nitrogen and oxygen atoms in total. The van der Waals surface area contributed by atoms with Crippen molar-refractivity contribution < 1.29 is 19.0 Å². The molecule has 0 saturated carbocycles. The zero-order valence-electron chi connectivity index (χ0n) is 17.0. The fourth-order valence-corrected chi connectivity index (χ4v) is 3.98. The van der Waals surface area contributed by atoms with Crippen molar-refractivity contribution >= 4 is 22.4 Å². The number of fused-ring (bicyclic) bond motifs is 1. The Labute approximate surface area is 188 Å². The van der Waals surface area contributed by atoms with Crippen LogP contribution in [0.1, 0.15) is 5.56 Å². The lowest BCUT2D eigenvalue weighted by Crippen LogP contribution is -2.20. The Morgan fingerprint density at radius 2 is 1.97 bits per heavy atom. The van der Waals surface area contributed by atoms with Gasteiger partial charge in [0.05, 0.1) is 12.3 Å². The Hall–Kier alpha value is -3.91. The molecule has 1 aliphatic rings. The number of pyridine rings is 1. The van der Waals surface area contributed by atoms with Crippen LogP contribution in [0.5, 0.6) is 23.1 Å². The first-order valence-electron chi connectivity index (χ1n) is 10.1. The first kappa shape index (κ1) is 20.0. The second-order valence-electron chi connectivity index (χ2n) is 7.04. The van der Waals surface area contributed by atoms with E-state index in [1.165, 1.54) is 16.9 Å². The zero-order chi connectivity index (χ0) is 21.8. The molecule has 1 aliphatic heterocycles. The average molecular weight is 446 g/mol. The number of thiazole rings is 1. The smallest absolute Gasteiger partial charge is 0.264 e. The molecular formula is C24H19N3O4S. The summed E-state index contributed by atoms with van der Waals surface area (Å²) < 4.78 is 16.8. The Morgan fingerprint density at radius 3 is 2.81 bits per heavy atom. The summed E-state index contributed by atoms with van der Waals surface area (Å²) in [6.07, 6.45) is 2.57. The lowest BCUT2D eigenvalue weighted by atomic mass is 10.1. The molecule has 0 aliphatic carbocycles. The van der Waals surface area contributed by atoms with E-state index in [-0.39, 0.29) is 12.5 Å². The number of nitrogens with zero attached hydrogens (tertiary/aromatic N) is 2. The second kappa shape index (κ2) is 9.07. The molecule has 3 heterocycles. The average Bonchev–Trinajstić information content (AvgIpc) is 3.48. The molecule has 0 radical (unpaired) electrons. The van der Waals surface area contributed by atoms with Crippen molar-refractivity contribution in [1.29, 1.82) is 0 Å². The number of hydrogen-bond acceptors (Lipinski definition) is 7. The van der Waals surface area contributed by atoms with Gasteiger partial charge >= 0.3 is 0 Å². The van der Waals surface area contributed by atoms with Crippen LogP contribution < -0.4 is 19.5 Å². The number of anilines is 1. The van der Waals surface area contributed by atoms with Gasteiger partial charge in [0.2, 0.25) is 5.88 Å². The largest absolute Gasteiger partial charge is 0.493 e. The number of benzene rings is 2. The molecule has 160 valence electrons. The topological polar surface area (TPSA) is 82.6 Å². The van der Waals surface area contributed by atoms with E-state index in [1.54, 1.807) is 36.5 Å². The number of amides is 1. The molecule has 0 saturated heterocycles. The Kier molecular flexibility index (Phi) is 5.67. The molecule has 5 rings (SSSR count). The van der Waals surface area contributed by atoms with Crippen molar-refractivity contribution in [1.82, 2.24) is 9.97 Å². The summed E-state index contributed by atoms with van der Waals surface area (Å²) in [5.74, 6) is 2.37. The Balaban J connectivity index is 1.14. The van der Waals surface area contributed by atoms with E-state index in [0.29, 0.717) is 22.5 Å². The normalized spacial score (nSPS) is 12.0. The molecule has 0 unspecified atom stereocenters. The van der Waals surface area contributed by atoms with E-state index in [1.807, 2.05) is 29.6 Å². The van der Waals surface area contributed by atoms with Gasteiger partial charge < -0.3 is 14.2 Å². The van der Waals surface area contributed by atoms with Crippen LogP contribution in [-0.4, -0.2) is 29.1 Å². The predicted molar refractivity (Wildman–Crippen MR) is 122 cm³/mol. The summed E-state index contributed by atoms with van der Waals surface area (Å²) in [5, 5.41) is 5.24. The van der Waals surface area contributed by atoms with Crippen molar-refractivity contribution in [3.8, 4) is 34.4 Å². The third kappa shape index (κ3) is 4.70. The second-order valence-corrected chi connectivity index (χ2v) is 7.90. The minimum absolute atomic E-state index is 0.120. The number of carbonyl (C=O) groups excluding carboxylic acids is 1. The highest BCUT2D eigenvalue weighted by Gasteiger charge is 2.14. The zero-order valence-corrected chi connectivity index (χ0v) is 17.8. The van der Waals surface area contributed by atoms with Crippen LogP contribution in [0.3, 0.4) is 0 Å². The molecule has 0 atom stereocenters. The molecule has 32 heavy (non-hydrogen) atoms. The molecule has 0 spiro atoms. The lowest BCUT2D eigenvalue weighted by molar-refractivity contribution is -0.118. The van der Waals surface area contributed by atoms with Gasteiger partial charge in [-0.1, -0.05) is 6.07 Å². The van der Waals surface area contributed by atoms with Crippen LogP contribution in [0.2, 0.25) is 0 Å². The van der Waals surface area contributed by atoms with Gasteiger partial charge in [0.25, 0.3) is 5.91 Å². The maximum atomic E-state index is 12.3. The lowest BCUT2D eigenvalue weighted by Gasteiger charge is -2.08. The van der Waals surface area contributed by atoms with Gasteiger partial charge in [-0.2, -0.15) is 0 Å². The molecule has 1 N–H and O–H groups in total. The minimum atomic E-state index is -0.276. The molecule has 4 aromatic rings. The highest BCUT2D eigenvalue weighted by atomic mass is 32.1. The molecule has 2 aromatic heterocycles. The van der Waals surface area contributed by atoms with Gasteiger partial charge in [0.15, 0.2) is 11.7 Å². The van der Waals surface area contributed by atoms with E-state index >= 15 is 0 Å². The molecule has 2 aromatic carbocycles. The number of hydrogen-bond donors (Lipinski definition) is 1. The van der Waals surface area contributed by atoms with Crippen molar-refractivity contribution in [2.75, 3.05) is 18.5 Å². The summed E-state index contributed by atoms with van der Waals surface area (Å²) in [7, 11) is 0. The van der Waals surface area contributed by atoms with Gasteiger partial charge in [-0.3, -0.25) is 10.1 Å². The number of rotatable bonds is 7. The number of carbonyl (C=O) groups is 1. The van der Waals surface area contributed by atoms with E-state index < -0.39 is 0 Å². The van der Waals surface area contributed by atoms with Gasteiger partial charge in [-0.25, -0.2) is 9.97 Å². The molecule has 0 fully saturated rings. The SMILES string of the molecule is O=C(COc1ccc(Oc2ccccn2)cc1)Nc1nc(-c2ccc3c(c2)CCO3)cs1. The Bertz CT molecular complexity index is 1230. The quantitative estimate of drug-likeness (QED) is 0.433. The van der Waals surface area contributed by atoms with Crippen LogP contribution in [0, 0.1) is 0 Å². The minimum Gasteiger partial charge on any atom is -0.493 e. The standard InChI is InChI=1S/C24H19N3O4S/c28-22(14-30-18-5-7-19(8-6-18)31-23-3-1-2-11-25-23)27-24-26-20(15-32-24)16-4-9-21-17(13-16)10-12-29-21/h1-9,11,13,15H,10,12,14H2,(H,26,27,28). The van der Waals surface area contributed by atoms with Crippen LogP contribution >= 0.6 is 11.3 Å². The summed E-state index contributed by atoms with van der Waals surface area (Å²) in [5.41, 5.74) is 3.02. The predicted octanol–water partition coefficient (Wildman–Crippen LogP) is 4.95. The Morgan fingerprint density at radius 1 is 1.09 bits per heavy atom. The fourth-order valence-electron chi connectivity index (χ4n) is 3.25. The highest BCUT2D eigenvalue weighted by molar-refractivity contribution is 7.14.